The molecule has 0 aliphatic carbocycles. The van der Waals surface area contributed by atoms with Crippen molar-refractivity contribution in [1.82, 2.24) is 0 Å². The Morgan fingerprint density at radius 2 is 1.86 bits per heavy atom. The molecule has 0 amide bonds. The Morgan fingerprint density at radius 1 is 1.29 bits per heavy atom. The third kappa shape index (κ3) is 2.43. The molecule has 0 bridgehead atoms. The predicted molar refractivity (Wildman–Crippen MR) is 49.0 cm³/mol. The number of hydrogen-bond acceptors (Lipinski definition) is 2. The monoisotopic (exact) mass is 244 g/mol. The van der Waals surface area contributed by atoms with Crippen LogP contribution in [0.2, 0.25) is 5.02 Å². The standard InChI is InChI=1S/C7H5Cl2F3N2/c8-4-1-2-6(14(9)13)5(3-4)7(10,11)12/h1-3H,13H2. The third-order valence-corrected chi connectivity index (χ3v) is 1.91. The van der Waals surface area contributed by atoms with Crippen LogP contribution in [0.4, 0.5) is 18.9 Å². The molecule has 2 nitrogen and oxygen atoms in total. The van der Waals surface area contributed by atoms with Crippen molar-refractivity contribution in [2.24, 2.45) is 5.84 Å². The van der Waals surface area contributed by atoms with Crippen LogP contribution in [0.3, 0.4) is 0 Å². The van der Waals surface area contributed by atoms with E-state index in [1.165, 1.54) is 6.07 Å². The van der Waals surface area contributed by atoms with E-state index in [1.54, 1.807) is 0 Å². The van der Waals surface area contributed by atoms with Gasteiger partial charge in [0.15, 0.2) is 0 Å². The Morgan fingerprint density at radius 3 is 2.29 bits per heavy atom. The van der Waals surface area contributed by atoms with E-state index in [2.05, 4.69) is 0 Å². The third-order valence-electron chi connectivity index (χ3n) is 1.49. The molecule has 0 saturated carbocycles. The minimum absolute atomic E-state index is 0.0282. The molecule has 78 valence electrons. The number of hydrazine groups is 1. The molecule has 0 saturated heterocycles. The normalized spacial score (nSPS) is 11.6. The summed E-state index contributed by atoms with van der Waals surface area (Å²) < 4.78 is 37.5. The maximum absolute atomic E-state index is 12.4. The van der Waals surface area contributed by atoms with Crippen LogP contribution in [0.1, 0.15) is 5.56 Å². The molecule has 14 heavy (non-hydrogen) atoms. The summed E-state index contributed by atoms with van der Waals surface area (Å²) in [5.74, 6) is 5.02. The maximum Gasteiger partial charge on any atom is 0.418 e. The molecule has 1 rings (SSSR count). The van der Waals surface area contributed by atoms with Crippen molar-refractivity contribution in [3.8, 4) is 0 Å². The molecule has 0 spiro atoms. The smallest absolute Gasteiger partial charge is 0.232 e. The Labute approximate surface area is 88.1 Å². The van der Waals surface area contributed by atoms with Gasteiger partial charge in [0.1, 0.15) is 0 Å². The molecule has 0 aliphatic heterocycles. The van der Waals surface area contributed by atoms with Gasteiger partial charge < -0.3 is 0 Å². The Bertz CT molecular complexity index is 338. The topological polar surface area (TPSA) is 29.3 Å². The highest BCUT2D eigenvalue weighted by atomic mass is 35.5. The van der Waals surface area contributed by atoms with Crippen molar-refractivity contribution in [3.63, 3.8) is 0 Å². The van der Waals surface area contributed by atoms with Crippen LogP contribution in [0.15, 0.2) is 18.2 Å². The van der Waals surface area contributed by atoms with E-state index >= 15 is 0 Å². The van der Waals surface area contributed by atoms with Gasteiger partial charge in [-0.15, -0.1) is 0 Å². The van der Waals surface area contributed by atoms with E-state index < -0.39 is 11.7 Å². The molecule has 7 heteroatoms. The fraction of sp³-hybridized carbons (Fsp3) is 0.143. The van der Waals surface area contributed by atoms with Crippen molar-refractivity contribution in [2.45, 2.75) is 6.18 Å². The molecular weight excluding hydrogens is 240 g/mol. The number of anilines is 1. The fourth-order valence-corrected chi connectivity index (χ4v) is 1.24. The molecule has 0 unspecified atom stereocenters. The lowest BCUT2D eigenvalue weighted by molar-refractivity contribution is -0.137. The molecule has 0 radical (unpaired) electrons. The van der Waals surface area contributed by atoms with Crippen LogP contribution < -0.4 is 10.4 Å². The minimum Gasteiger partial charge on any atom is -0.232 e. The molecule has 1 aromatic rings. The Hall–Kier alpha value is -0.650. The molecule has 0 fully saturated rings. The SMILES string of the molecule is NN(Cl)c1ccc(Cl)cc1C(F)(F)F. The molecule has 0 aromatic heterocycles. The summed E-state index contributed by atoms with van der Waals surface area (Å²) in [6, 6.07) is 3.13. The Balaban J connectivity index is 3.30. The summed E-state index contributed by atoms with van der Waals surface area (Å²) in [7, 11) is 0. The largest absolute Gasteiger partial charge is 0.418 e. The first-order valence-electron chi connectivity index (χ1n) is 3.39. The zero-order valence-corrected chi connectivity index (χ0v) is 8.16. The Kier molecular flexibility index (Phi) is 3.14. The van der Waals surface area contributed by atoms with Gasteiger partial charge in [-0.05, 0) is 18.2 Å². The van der Waals surface area contributed by atoms with Gasteiger partial charge in [0, 0.05) is 16.8 Å². The number of rotatable bonds is 1. The van der Waals surface area contributed by atoms with Gasteiger partial charge in [-0.1, -0.05) is 11.6 Å². The van der Waals surface area contributed by atoms with Gasteiger partial charge >= 0.3 is 6.18 Å². The van der Waals surface area contributed by atoms with E-state index in [0.29, 0.717) is 4.53 Å². The van der Waals surface area contributed by atoms with Crippen molar-refractivity contribution >= 4 is 29.1 Å². The number of nitrogens with zero attached hydrogens (tertiary/aromatic N) is 1. The lowest BCUT2D eigenvalue weighted by Crippen LogP contribution is -2.22. The van der Waals surface area contributed by atoms with Crippen molar-refractivity contribution in [2.75, 3.05) is 4.53 Å². The fourth-order valence-electron chi connectivity index (χ4n) is 0.922. The quantitative estimate of drug-likeness (QED) is 0.467. The summed E-state index contributed by atoms with van der Waals surface area (Å²) in [4.78, 5) is 0. The molecule has 0 aliphatic rings. The van der Waals surface area contributed by atoms with Crippen LogP contribution >= 0.6 is 23.4 Å². The zero-order chi connectivity index (χ0) is 10.9. The van der Waals surface area contributed by atoms with E-state index in [-0.39, 0.29) is 10.7 Å². The van der Waals surface area contributed by atoms with Gasteiger partial charge in [0.05, 0.1) is 11.3 Å². The average molecular weight is 245 g/mol. The summed E-state index contributed by atoms with van der Waals surface area (Å²) in [6.07, 6.45) is -4.53. The number of alkyl halides is 3. The van der Waals surface area contributed by atoms with Crippen molar-refractivity contribution in [1.29, 1.82) is 0 Å². The first-order valence-corrected chi connectivity index (χ1v) is 4.11. The number of nitrogens with two attached hydrogens (primary N) is 1. The minimum atomic E-state index is -4.53. The highest BCUT2D eigenvalue weighted by Gasteiger charge is 2.34. The number of halogens is 5. The first-order chi connectivity index (χ1) is 6.32. The summed E-state index contributed by atoms with van der Waals surface area (Å²) >= 11 is 10.7. The van der Waals surface area contributed by atoms with E-state index in [4.69, 9.17) is 29.2 Å². The second-order valence-corrected chi connectivity index (χ2v) is 3.27. The first kappa shape index (κ1) is 11.4. The molecule has 0 heterocycles. The predicted octanol–water partition coefficient (Wildman–Crippen LogP) is 3.19. The summed E-state index contributed by atoms with van der Waals surface area (Å²) in [5.41, 5.74) is -1.31. The molecule has 0 atom stereocenters. The number of benzene rings is 1. The maximum atomic E-state index is 12.4. The highest BCUT2D eigenvalue weighted by molar-refractivity contribution is 6.31. The van der Waals surface area contributed by atoms with Crippen LogP contribution in [0.25, 0.3) is 0 Å². The molecule has 2 N–H and O–H groups in total. The number of hydrogen-bond donors (Lipinski definition) is 1. The lowest BCUT2D eigenvalue weighted by Gasteiger charge is -2.16. The van der Waals surface area contributed by atoms with Crippen LogP contribution in [-0.4, -0.2) is 0 Å². The van der Waals surface area contributed by atoms with Gasteiger partial charge in [-0.25, -0.2) is 10.4 Å². The van der Waals surface area contributed by atoms with Crippen LogP contribution in [0, 0.1) is 0 Å². The van der Waals surface area contributed by atoms with Gasteiger partial charge in [0.25, 0.3) is 0 Å². The molecule has 1 aromatic carbocycles. The lowest BCUT2D eigenvalue weighted by atomic mass is 10.2. The van der Waals surface area contributed by atoms with E-state index in [9.17, 15) is 13.2 Å². The second kappa shape index (κ2) is 3.84. The van der Waals surface area contributed by atoms with Gasteiger partial charge in [-0.2, -0.15) is 13.2 Å². The summed E-state index contributed by atoms with van der Waals surface area (Å²) in [6.45, 7) is 0. The van der Waals surface area contributed by atoms with Crippen molar-refractivity contribution in [3.05, 3.63) is 28.8 Å². The second-order valence-electron chi connectivity index (χ2n) is 2.47. The zero-order valence-electron chi connectivity index (χ0n) is 6.65. The van der Waals surface area contributed by atoms with Crippen LogP contribution in [-0.2, 0) is 6.18 Å². The molecular formula is C7H5Cl2F3N2. The average Bonchev–Trinajstić information content (AvgIpc) is 2.01. The van der Waals surface area contributed by atoms with Gasteiger partial charge in [-0.3, -0.25) is 0 Å². The van der Waals surface area contributed by atoms with E-state index in [1.807, 2.05) is 0 Å². The summed E-state index contributed by atoms with van der Waals surface area (Å²) in [5, 5.41) is -0.0282. The van der Waals surface area contributed by atoms with Gasteiger partial charge in [0.2, 0.25) is 0 Å². The van der Waals surface area contributed by atoms with Crippen molar-refractivity contribution < 1.29 is 13.2 Å². The highest BCUT2D eigenvalue weighted by Crippen LogP contribution is 2.37. The van der Waals surface area contributed by atoms with Crippen LogP contribution in [0.5, 0.6) is 0 Å². The van der Waals surface area contributed by atoms with E-state index in [0.717, 1.165) is 12.1 Å².